The number of amides is 1. The van der Waals surface area contributed by atoms with Crippen molar-refractivity contribution in [1.29, 1.82) is 0 Å². The molecule has 12 heteroatoms. The van der Waals surface area contributed by atoms with Gasteiger partial charge in [0.1, 0.15) is 31.4 Å². The molecule has 176 valence electrons. The molecule has 0 atom stereocenters. The van der Waals surface area contributed by atoms with E-state index in [2.05, 4.69) is 26.8 Å². The van der Waals surface area contributed by atoms with Crippen molar-refractivity contribution in [3.8, 4) is 11.8 Å². The summed E-state index contributed by atoms with van der Waals surface area (Å²) < 4.78 is 59.7. The number of nitrogens with zero attached hydrogens (tertiary/aromatic N) is 4. The number of carbonyl (C=O) groups excluding carboxylic acids is 1. The van der Waals surface area contributed by atoms with Gasteiger partial charge in [-0.2, -0.15) is 23.1 Å². The van der Waals surface area contributed by atoms with Crippen molar-refractivity contribution < 1.29 is 32.2 Å². The number of morpholine rings is 1. The summed E-state index contributed by atoms with van der Waals surface area (Å²) in [7, 11) is 0. The summed E-state index contributed by atoms with van der Waals surface area (Å²) >= 11 is 0. The molecule has 3 aromatic rings. The van der Waals surface area contributed by atoms with Crippen LogP contribution in [0.25, 0.3) is 16.7 Å². The number of hydrogen-bond donors (Lipinski definition) is 1. The molecule has 1 N–H and O–H groups in total. The van der Waals surface area contributed by atoms with Gasteiger partial charge in [-0.3, -0.25) is 4.79 Å². The summed E-state index contributed by atoms with van der Waals surface area (Å²) in [6.07, 6.45) is -3.87. The molecule has 0 unspecified atom stereocenters. The molecule has 9 nitrogen and oxygen atoms in total. The highest BCUT2D eigenvalue weighted by Crippen LogP contribution is 2.44. The van der Waals surface area contributed by atoms with E-state index in [1.807, 2.05) is 0 Å². The molecule has 1 fully saturated rings. The lowest BCUT2D eigenvalue weighted by Crippen LogP contribution is -2.42. The first-order valence-electron chi connectivity index (χ1n) is 10.3. The van der Waals surface area contributed by atoms with E-state index >= 15 is 0 Å². The fraction of sp³-hybridized carbons (Fsp3) is 0.273. The molecule has 2 aliphatic heterocycles. The maximum Gasteiger partial charge on any atom is 0.419 e. The van der Waals surface area contributed by atoms with Gasteiger partial charge in [0, 0.05) is 17.8 Å². The minimum absolute atomic E-state index is 0.0443. The van der Waals surface area contributed by atoms with E-state index in [0.29, 0.717) is 11.3 Å². The molecule has 1 amide bonds. The molecule has 0 spiro atoms. The van der Waals surface area contributed by atoms with Crippen LogP contribution in [0.3, 0.4) is 0 Å². The zero-order chi connectivity index (χ0) is 23.9. The minimum atomic E-state index is -4.85. The third-order valence-corrected chi connectivity index (χ3v) is 5.30. The number of ether oxygens (including phenoxy) is 3. The molecule has 34 heavy (non-hydrogen) atoms. The third-order valence-electron chi connectivity index (χ3n) is 5.30. The Balaban J connectivity index is 1.74. The first kappa shape index (κ1) is 21.9. The lowest BCUT2D eigenvalue weighted by molar-refractivity contribution is -0.136. The lowest BCUT2D eigenvalue weighted by atomic mass is 10.1. The van der Waals surface area contributed by atoms with Crippen LogP contribution in [0.5, 0.6) is 11.8 Å². The van der Waals surface area contributed by atoms with Crippen LogP contribution in [0.1, 0.15) is 11.1 Å². The molecule has 2 aromatic heterocycles. The summed E-state index contributed by atoms with van der Waals surface area (Å²) in [5, 5.41) is 2.45. The van der Waals surface area contributed by atoms with E-state index in [-0.39, 0.29) is 56.1 Å². The highest BCUT2D eigenvalue weighted by atomic mass is 19.4. The summed E-state index contributed by atoms with van der Waals surface area (Å²) in [6, 6.07) is 6.77. The van der Waals surface area contributed by atoms with Gasteiger partial charge in [0.05, 0.1) is 29.4 Å². The average molecular weight is 473 g/mol. The first-order chi connectivity index (χ1) is 16.3. The van der Waals surface area contributed by atoms with Gasteiger partial charge < -0.3 is 24.4 Å². The number of nitrogens with one attached hydrogen (secondary N) is 1. The Morgan fingerprint density at radius 1 is 1.09 bits per heavy atom. The Kier molecular flexibility index (Phi) is 5.44. The maximum absolute atomic E-state index is 14.5. The smallest absolute Gasteiger partial charge is 0.419 e. The summed E-state index contributed by atoms with van der Waals surface area (Å²) in [6.45, 7) is 3.90. The quantitative estimate of drug-likeness (QED) is 0.575. The number of rotatable bonds is 1. The Bertz CT molecular complexity index is 1300. The van der Waals surface area contributed by atoms with Crippen LogP contribution in [-0.2, 0) is 15.7 Å². The van der Waals surface area contributed by atoms with Crippen LogP contribution in [0, 0.1) is 0 Å². The van der Waals surface area contributed by atoms with Gasteiger partial charge in [0.2, 0.25) is 0 Å². The fourth-order valence-electron chi connectivity index (χ4n) is 3.82. The predicted octanol–water partition coefficient (Wildman–Crippen LogP) is 3.26. The standard InChI is InChI=1S/C22H18F3N5O4/c1-12-13-4-2-3-5-15(13)33-8-9-34-21-28-19-17(20(27-12)29-21)18(22(23,24)25)14(10-26-19)30-6-7-32-11-16(30)31/h2-5,10H,1,6-9,11H2,(H,26,27,28,29). The van der Waals surface area contributed by atoms with Crippen molar-refractivity contribution in [3.63, 3.8) is 0 Å². The molecular weight excluding hydrogens is 455 g/mol. The molecule has 2 aliphatic rings. The topological polar surface area (TPSA) is 98.7 Å². The van der Waals surface area contributed by atoms with Gasteiger partial charge in [-0.25, -0.2) is 4.98 Å². The van der Waals surface area contributed by atoms with Gasteiger partial charge in [-0.1, -0.05) is 18.7 Å². The molecule has 1 saturated heterocycles. The number of para-hydroxylation sites is 1. The number of alkyl halides is 3. The molecular formula is C22H18F3N5O4. The second kappa shape index (κ2) is 8.45. The van der Waals surface area contributed by atoms with Crippen LogP contribution in [0.2, 0.25) is 0 Å². The Hall–Kier alpha value is -3.93. The molecule has 0 aliphatic carbocycles. The van der Waals surface area contributed by atoms with Crippen molar-refractivity contribution in [3.05, 3.63) is 48.2 Å². The van der Waals surface area contributed by atoms with Crippen LogP contribution >= 0.6 is 0 Å². The zero-order valence-corrected chi connectivity index (χ0v) is 17.7. The second-order valence-corrected chi connectivity index (χ2v) is 7.46. The number of aromatic nitrogens is 3. The number of pyridine rings is 1. The van der Waals surface area contributed by atoms with Crippen molar-refractivity contribution in [2.24, 2.45) is 0 Å². The van der Waals surface area contributed by atoms with Crippen LogP contribution in [-0.4, -0.2) is 53.8 Å². The van der Waals surface area contributed by atoms with Crippen LogP contribution in [0.4, 0.5) is 24.7 Å². The Labute approximate surface area is 191 Å². The van der Waals surface area contributed by atoms with E-state index < -0.39 is 28.7 Å². The largest absolute Gasteiger partial charge is 0.489 e. The van der Waals surface area contributed by atoms with E-state index in [1.165, 1.54) is 0 Å². The summed E-state index contributed by atoms with van der Waals surface area (Å²) in [5.74, 6) is -0.330. The van der Waals surface area contributed by atoms with Gasteiger partial charge in [-0.05, 0) is 12.1 Å². The van der Waals surface area contributed by atoms with E-state index in [9.17, 15) is 18.0 Å². The number of benzene rings is 1. The molecule has 4 heterocycles. The Morgan fingerprint density at radius 2 is 1.88 bits per heavy atom. The average Bonchev–Trinajstić information content (AvgIpc) is 2.83. The summed E-state index contributed by atoms with van der Waals surface area (Å²) in [5.41, 5.74) is -0.935. The van der Waals surface area contributed by atoms with Gasteiger partial charge >= 0.3 is 12.2 Å². The van der Waals surface area contributed by atoms with Crippen molar-refractivity contribution in [2.45, 2.75) is 6.18 Å². The van der Waals surface area contributed by atoms with Gasteiger partial charge in [0.25, 0.3) is 5.91 Å². The number of hydrogen-bond acceptors (Lipinski definition) is 8. The number of fused-ring (bicyclic) bond motifs is 5. The minimum Gasteiger partial charge on any atom is -0.489 e. The molecule has 0 radical (unpaired) electrons. The van der Waals surface area contributed by atoms with Crippen LogP contribution in [0.15, 0.2) is 37.0 Å². The van der Waals surface area contributed by atoms with Crippen molar-refractivity contribution in [1.82, 2.24) is 15.0 Å². The summed E-state index contributed by atoms with van der Waals surface area (Å²) in [4.78, 5) is 25.7. The number of anilines is 2. The fourth-order valence-corrected chi connectivity index (χ4v) is 3.82. The first-order valence-corrected chi connectivity index (χ1v) is 10.3. The molecule has 2 bridgehead atoms. The van der Waals surface area contributed by atoms with Crippen LogP contribution < -0.4 is 19.7 Å². The van der Waals surface area contributed by atoms with E-state index in [0.717, 1.165) is 11.1 Å². The predicted molar refractivity (Wildman–Crippen MR) is 116 cm³/mol. The third kappa shape index (κ3) is 3.96. The van der Waals surface area contributed by atoms with Gasteiger partial charge in [0.15, 0.2) is 5.65 Å². The molecule has 0 saturated carbocycles. The highest BCUT2D eigenvalue weighted by molar-refractivity contribution is 6.02. The maximum atomic E-state index is 14.5. The SMILES string of the molecule is C=C1Nc2nc(nc3ncc(N4CCOCC4=O)c(C(F)(F)F)c23)OCCOc2ccccc21. The van der Waals surface area contributed by atoms with E-state index in [4.69, 9.17) is 14.2 Å². The monoisotopic (exact) mass is 473 g/mol. The van der Waals surface area contributed by atoms with Crippen molar-refractivity contribution >= 4 is 34.1 Å². The molecule has 1 aromatic carbocycles. The number of carbonyl (C=O) groups is 1. The number of halogens is 3. The lowest BCUT2D eigenvalue weighted by Gasteiger charge is -2.29. The highest BCUT2D eigenvalue weighted by Gasteiger charge is 2.41. The second-order valence-electron chi connectivity index (χ2n) is 7.46. The van der Waals surface area contributed by atoms with Gasteiger partial charge in [-0.15, -0.1) is 0 Å². The molecule has 5 rings (SSSR count). The van der Waals surface area contributed by atoms with E-state index in [1.54, 1.807) is 24.3 Å². The normalized spacial score (nSPS) is 16.7. The zero-order valence-electron chi connectivity index (χ0n) is 17.7. The Morgan fingerprint density at radius 3 is 2.68 bits per heavy atom. The van der Waals surface area contributed by atoms with Crippen molar-refractivity contribution in [2.75, 3.05) is 43.2 Å².